The summed E-state index contributed by atoms with van der Waals surface area (Å²) in [6.07, 6.45) is 3.28. The number of ether oxygens (including phenoxy) is 2. The zero-order valence-electron chi connectivity index (χ0n) is 20.2. The van der Waals surface area contributed by atoms with E-state index < -0.39 is 17.7 Å². The molecular weight excluding hydrogens is 444 g/mol. The zero-order chi connectivity index (χ0) is 25.1. The van der Waals surface area contributed by atoms with Crippen molar-refractivity contribution >= 4 is 17.4 Å². The highest BCUT2D eigenvalue weighted by molar-refractivity contribution is 6.46. The second kappa shape index (κ2) is 10.0. The number of likely N-dealkylation sites (tertiary alicyclic amines) is 1. The lowest BCUT2D eigenvalue weighted by atomic mass is 9.94. The van der Waals surface area contributed by atoms with E-state index in [1.165, 1.54) is 4.90 Å². The van der Waals surface area contributed by atoms with Gasteiger partial charge in [-0.2, -0.15) is 0 Å². The molecule has 0 spiro atoms. The maximum absolute atomic E-state index is 13.3. The number of amides is 1. The van der Waals surface area contributed by atoms with Gasteiger partial charge in [0, 0.05) is 24.5 Å². The summed E-state index contributed by atoms with van der Waals surface area (Å²) < 4.78 is 11.1. The average Bonchev–Trinajstić information content (AvgIpc) is 3.10. The Bertz CT molecular complexity index is 1270. The maximum atomic E-state index is 13.3. The molecule has 1 atom stereocenters. The molecule has 7 nitrogen and oxygen atoms in total. The average molecular weight is 473 g/mol. The Labute approximate surface area is 204 Å². The van der Waals surface area contributed by atoms with E-state index in [0.29, 0.717) is 22.6 Å². The van der Waals surface area contributed by atoms with Crippen LogP contribution in [-0.2, 0) is 16.1 Å². The number of hydrogen-bond donors (Lipinski definition) is 1. The van der Waals surface area contributed by atoms with Crippen LogP contribution in [0.2, 0.25) is 0 Å². The fourth-order valence-electron chi connectivity index (χ4n) is 4.20. The zero-order valence-corrected chi connectivity index (χ0v) is 20.2. The number of ketones is 1. The first-order valence-electron chi connectivity index (χ1n) is 11.4. The quantitative estimate of drug-likeness (QED) is 0.302. The molecule has 1 fully saturated rings. The molecule has 1 aromatic heterocycles. The maximum Gasteiger partial charge on any atom is 0.295 e. The number of pyridine rings is 1. The summed E-state index contributed by atoms with van der Waals surface area (Å²) in [6, 6.07) is 15.2. The lowest BCUT2D eigenvalue weighted by molar-refractivity contribution is -0.140. The first-order chi connectivity index (χ1) is 16.8. The van der Waals surface area contributed by atoms with Crippen LogP contribution in [-0.4, -0.2) is 39.9 Å². The van der Waals surface area contributed by atoms with Crippen molar-refractivity contribution < 1.29 is 24.2 Å². The van der Waals surface area contributed by atoms with Crippen LogP contribution < -0.4 is 9.47 Å². The number of aromatic nitrogens is 1. The van der Waals surface area contributed by atoms with Gasteiger partial charge < -0.3 is 19.5 Å². The van der Waals surface area contributed by atoms with Crippen LogP contribution >= 0.6 is 0 Å². The molecule has 0 radical (unpaired) electrons. The number of benzene rings is 2. The van der Waals surface area contributed by atoms with Gasteiger partial charge in [-0.25, -0.2) is 0 Å². The van der Waals surface area contributed by atoms with Crippen molar-refractivity contribution in [2.24, 2.45) is 0 Å². The molecule has 2 heterocycles. The monoisotopic (exact) mass is 472 g/mol. The van der Waals surface area contributed by atoms with Gasteiger partial charge in [0.1, 0.15) is 17.3 Å². The fourth-order valence-corrected chi connectivity index (χ4v) is 4.20. The molecule has 1 N–H and O–H groups in total. The van der Waals surface area contributed by atoms with Gasteiger partial charge in [-0.3, -0.25) is 14.6 Å². The predicted octanol–water partition coefficient (Wildman–Crippen LogP) is 4.81. The predicted molar refractivity (Wildman–Crippen MR) is 132 cm³/mol. The van der Waals surface area contributed by atoms with Crippen LogP contribution in [0.25, 0.3) is 5.76 Å². The lowest BCUT2D eigenvalue weighted by Crippen LogP contribution is -2.29. The Kier molecular flexibility index (Phi) is 6.87. The molecule has 2 aromatic carbocycles. The Balaban J connectivity index is 1.82. The molecule has 1 saturated heterocycles. The van der Waals surface area contributed by atoms with Gasteiger partial charge >= 0.3 is 0 Å². The SMILES string of the molecule is COc1ccc(C2/C(=C(/O)c3ccc(OC(C)C)c(C)c3)C(=O)C(=O)N2Cc2ccncc2)cc1. The van der Waals surface area contributed by atoms with E-state index in [4.69, 9.17) is 9.47 Å². The van der Waals surface area contributed by atoms with E-state index in [1.807, 2.05) is 20.8 Å². The normalized spacial score (nSPS) is 17.2. The van der Waals surface area contributed by atoms with Crippen LogP contribution in [0.3, 0.4) is 0 Å². The summed E-state index contributed by atoms with van der Waals surface area (Å²) in [4.78, 5) is 31.9. The van der Waals surface area contributed by atoms with Gasteiger partial charge in [-0.15, -0.1) is 0 Å². The lowest BCUT2D eigenvalue weighted by Gasteiger charge is -2.25. The smallest absolute Gasteiger partial charge is 0.295 e. The largest absolute Gasteiger partial charge is 0.507 e. The van der Waals surface area contributed by atoms with E-state index >= 15 is 0 Å². The first-order valence-corrected chi connectivity index (χ1v) is 11.4. The number of carbonyl (C=O) groups excluding carboxylic acids is 2. The Morgan fingerprint density at radius 2 is 1.74 bits per heavy atom. The number of rotatable bonds is 7. The first kappa shape index (κ1) is 24.0. The summed E-state index contributed by atoms with van der Waals surface area (Å²) in [5.41, 5.74) is 2.82. The molecular formula is C28H28N2O5. The van der Waals surface area contributed by atoms with E-state index in [2.05, 4.69) is 4.98 Å². The van der Waals surface area contributed by atoms with Crippen molar-refractivity contribution in [2.75, 3.05) is 7.11 Å². The molecule has 180 valence electrons. The summed E-state index contributed by atoms with van der Waals surface area (Å²) >= 11 is 0. The molecule has 1 aliphatic heterocycles. The van der Waals surface area contributed by atoms with Gasteiger partial charge in [0.2, 0.25) is 0 Å². The van der Waals surface area contributed by atoms with Crippen LogP contribution in [0.1, 0.15) is 42.1 Å². The number of hydrogen-bond acceptors (Lipinski definition) is 6. The third-order valence-corrected chi connectivity index (χ3v) is 5.88. The Morgan fingerprint density at radius 1 is 1.06 bits per heavy atom. The third kappa shape index (κ3) is 4.89. The molecule has 0 aliphatic carbocycles. The summed E-state index contributed by atoms with van der Waals surface area (Å²) in [5, 5.41) is 11.3. The van der Waals surface area contributed by atoms with E-state index in [9.17, 15) is 14.7 Å². The highest BCUT2D eigenvalue weighted by Gasteiger charge is 2.46. The minimum absolute atomic E-state index is 0.00160. The minimum atomic E-state index is -0.763. The highest BCUT2D eigenvalue weighted by atomic mass is 16.5. The number of nitrogens with zero attached hydrogens (tertiary/aromatic N) is 2. The van der Waals surface area contributed by atoms with Gasteiger partial charge in [0.25, 0.3) is 11.7 Å². The summed E-state index contributed by atoms with van der Waals surface area (Å²) in [5.74, 6) is -0.267. The van der Waals surface area contributed by atoms with Gasteiger partial charge in [-0.1, -0.05) is 12.1 Å². The van der Waals surface area contributed by atoms with Crippen LogP contribution in [0.15, 0.2) is 72.6 Å². The number of Topliss-reactive ketones (excluding diaryl/α,β-unsaturated/α-hetero) is 1. The second-order valence-electron chi connectivity index (χ2n) is 8.70. The van der Waals surface area contributed by atoms with E-state index in [-0.39, 0.29) is 24.0 Å². The summed E-state index contributed by atoms with van der Waals surface area (Å²) in [7, 11) is 1.57. The standard InChI is InChI=1S/C28H28N2O5/c1-17(2)35-23-10-7-21(15-18(23)3)26(31)24-25(20-5-8-22(34-4)9-6-20)30(28(33)27(24)32)16-19-11-13-29-14-12-19/h5-15,17,25,31H,16H2,1-4H3/b26-24-. The van der Waals surface area contributed by atoms with Gasteiger partial charge in [-0.05, 0) is 79.9 Å². The fraction of sp³-hybridized carbons (Fsp3) is 0.250. The Hall–Kier alpha value is -4.13. The number of carbonyl (C=O) groups is 2. The van der Waals surface area contributed by atoms with Crippen molar-refractivity contribution in [2.45, 2.75) is 39.5 Å². The molecule has 1 unspecified atom stereocenters. The Morgan fingerprint density at radius 3 is 2.34 bits per heavy atom. The molecule has 3 aromatic rings. The van der Waals surface area contributed by atoms with Crippen molar-refractivity contribution in [1.82, 2.24) is 9.88 Å². The molecule has 1 amide bonds. The molecule has 7 heteroatoms. The van der Waals surface area contributed by atoms with Crippen molar-refractivity contribution in [1.29, 1.82) is 0 Å². The van der Waals surface area contributed by atoms with Crippen molar-refractivity contribution in [3.05, 3.63) is 94.8 Å². The molecule has 0 bridgehead atoms. The second-order valence-corrected chi connectivity index (χ2v) is 8.70. The number of aliphatic hydroxyl groups excluding tert-OH is 1. The van der Waals surface area contributed by atoms with Crippen LogP contribution in [0.5, 0.6) is 11.5 Å². The van der Waals surface area contributed by atoms with Crippen molar-refractivity contribution in [3.63, 3.8) is 0 Å². The van der Waals surface area contributed by atoms with Crippen LogP contribution in [0.4, 0.5) is 0 Å². The number of methoxy groups -OCH3 is 1. The number of aryl methyl sites for hydroxylation is 1. The minimum Gasteiger partial charge on any atom is -0.507 e. The van der Waals surface area contributed by atoms with Crippen LogP contribution in [0, 0.1) is 6.92 Å². The topological polar surface area (TPSA) is 89.0 Å². The van der Waals surface area contributed by atoms with Gasteiger partial charge in [0.15, 0.2) is 0 Å². The molecule has 1 aliphatic rings. The molecule has 0 saturated carbocycles. The highest BCUT2D eigenvalue weighted by Crippen LogP contribution is 2.41. The number of aliphatic hydroxyl groups is 1. The molecule has 35 heavy (non-hydrogen) atoms. The van der Waals surface area contributed by atoms with E-state index in [1.54, 1.807) is 74.1 Å². The summed E-state index contributed by atoms with van der Waals surface area (Å²) in [6.45, 7) is 5.94. The third-order valence-electron chi connectivity index (χ3n) is 5.88. The van der Waals surface area contributed by atoms with Gasteiger partial charge in [0.05, 0.1) is 24.8 Å². The van der Waals surface area contributed by atoms with Crippen molar-refractivity contribution in [3.8, 4) is 11.5 Å². The molecule has 4 rings (SSSR count). The van der Waals surface area contributed by atoms with E-state index in [0.717, 1.165) is 11.1 Å².